The molecule has 1 aromatic carbocycles. The molecule has 0 aliphatic carbocycles. The maximum Gasteiger partial charge on any atom is 0.326 e. The highest BCUT2D eigenvalue weighted by molar-refractivity contribution is 6.05. The maximum absolute atomic E-state index is 12.6. The van der Waals surface area contributed by atoms with E-state index in [-0.39, 0.29) is 24.5 Å². The number of rotatable bonds is 8. The van der Waals surface area contributed by atoms with Crippen LogP contribution in [0.25, 0.3) is 0 Å². The summed E-state index contributed by atoms with van der Waals surface area (Å²) in [4.78, 5) is 59.6. The summed E-state index contributed by atoms with van der Waals surface area (Å²) >= 11 is 0. The number of carboxylic acids is 2. The predicted molar refractivity (Wildman–Crippen MR) is 95.3 cm³/mol. The van der Waals surface area contributed by atoms with Crippen molar-refractivity contribution in [2.45, 2.75) is 38.8 Å². The van der Waals surface area contributed by atoms with Crippen molar-refractivity contribution >= 4 is 35.2 Å². The van der Waals surface area contributed by atoms with Gasteiger partial charge in [0.15, 0.2) is 12.4 Å². The van der Waals surface area contributed by atoms with Gasteiger partial charge in [-0.15, -0.1) is 0 Å². The van der Waals surface area contributed by atoms with E-state index in [1.165, 1.54) is 32.0 Å². The Morgan fingerprint density at radius 3 is 2.50 bits per heavy atom. The summed E-state index contributed by atoms with van der Waals surface area (Å²) in [5.74, 6) is -3.81. The van der Waals surface area contributed by atoms with Crippen LogP contribution in [0.5, 0.6) is 5.75 Å². The molecule has 0 radical (unpaired) electrons. The van der Waals surface area contributed by atoms with Gasteiger partial charge in [-0.05, 0) is 38.5 Å². The van der Waals surface area contributed by atoms with E-state index in [2.05, 4.69) is 5.32 Å². The molecule has 28 heavy (non-hydrogen) atoms. The monoisotopic (exact) mass is 392 g/mol. The van der Waals surface area contributed by atoms with E-state index in [0.717, 1.165) is 4.90 Å². The highest BCUT2D eigenvalue weighted by Gasteiger charge is 2.35. The minimum absolute atomic E-state index is 0.226. The first-order valence-corrected chi connectivity index (χ1v) is 8.46. The molecule has 0 saturated carbocycles. The summed E-state index contributed by atoms with van der Waals surface area (Å²) in [6.07, 6.45) is -0.738. The Labute approximate surface area is 160 Å². The third kappa shape index (κ3) is 4.64. The molecule has 2 atom stereocenters. The lowest BCUT2D eigenvalue weighted by molar-refractivity contribution is -0.143. The predicted octanol–water partition coefficient (Wildman–Crippen LogP) is 0.437. The highest BCUT2D eigenvalue weighted by atomic mass is 16.5. The first-order chi connectivity index (χ1) is 13.1. The number of fused-ring (bicyclic) bond motifs is 1. The van der Waals surface area contributed by atoms with Gasteiger partial charge in [0.2, 0.25) is 5.91 Å². The molecule has 1 aliphatic rings. The number of hydrogen-bond donors (Lipinski definition) is 3. The Balaban J connectivity index is 2.26. The van der Waals surface area contributed by atoms with Gasteiger partial charge in [-0.25, -0.2) is 4.79 Å². The number of anilines is 1. The van der Waals surface area contributed by atoms with E-state index < -0.39 is 42.3 Å². The van der Waals surface area contributed by atoms with Gasteiger partial charge in [0.05, 0.1) is 5.69 Å². The van der Waals surface area contributed by atoms with Crippen LogP contribution in [-0.4, -0.2) is 58.4 Å². The first-order valence-electron chi connectivity index (χ1n) is 8.46. The lowest BCUT2D eigenvalue weighted by atomic mass is 10.1. The molecule has 10 nitrogen and oxygen atoms in total. The number of ketones is 1. The fourth-order valence-electron chi connectivity index (χ4n) is 2.75. The van der Waals surface area contributed by atoms with Crippen LogP contribution in [-0.2, 0) is 19.2 Å². The fraction of sp³-hybridized carbons (Fsp3) is 0.389. The summed E-state index contributed by atoms with van der Waals surface area (Å²) in [7, 11) is 0. The van der Waals surface area contributed by atoms with Crippen molar-refractivity contribution in [3.63, 3.8) is 0 Å². The van der Waals surface area contributed by atoms with Crippen molar-refractivity contribution < 1.29 is 38.9 Å². The molecule has 2 amide bonds. The summed E-state index contributed by atoms with van der Waals surface area (Å²) < 4.78 is 5.32. The lowest BCUT2D eigenvalue weighted by Gasteiger charge is -2.34. The minimum atomic E-state index is -1.41. The number of Topliss-reactive ketones (excluding diaryl/α,β-unsaturated/α-hetero) is 1. The van der Waals surface area contributed by atoms with Gasteiger partial charge < -0.3 is 20.3 Å². The van der Waals surface area contributed by atoms with Crippen molar-refractivity contribution in [3.8, 4) is 5.75 Å². The molecule has 3 N–H and O–H groups in total. The van der Waals surface area contributed by atoms with Crippen molar-refractivity contribution in [1.82, 2.24) is 5.32 Å². The lowest BCUT2D eigenvalue weighted by Crippen LogP contribution is -2.54. The van der Waals surface area contributed by atoms with Crippen LogP contribution >= 0.6 is 0 Å². The van der Waals surface area contributed by atoms with Crippen LogP contribution < -0.4 is 15.0 Å². The fourth-order valence-corrected chi connectivity index (χ4v) is 2.75. The van der Waals surface area contributed by atoms with Crippen LogP contribution in [0.1, 0.15) is 37.0 Å². The Morgan fingerprint density at radius 1 is 1.25 bits per heavy atom. The highest BCUT2D eigenvalue weighted by Crippen LogP contribution is 2.34. The van der Waals surface area contributed by atoms with Crippen LogP contribution in [0.2, 0.25) is 0 Å². The Kier molecular flexibility index (Phi) is 6.34. The van der Waals surface area contributed by atoms with E-state index >= 15 is 0 Å². The molecule has 150 valence electrons. The van der Waals surface area contributed by atoms with Gasteiger partial charge in [-0.2, -0.15) is 0 Å². The average Bonchev–Trinajstić information content (AvgIpc) is 2.63. The van der Waals surface area contributed by atoms with Gasteiger partial charge in [-0.1, -0.05) is 0 Å². The summed E-state index contributed by atoms with van der Waals surface area (Å²) in [5.41, 5.74) is 0.545. The molecule has 10 heteroatoms. The van der Waals surface area contributed by atoms with E-state index in [0.29, 0.717) is 11.3 Å². The SMILES string of the molecule is CC(=O)c1ccc2c(c1)N(C(C)C(=O)NC(CCC(=O)O)C(=O)O)C(=O)CO2. The number of amides is 2. The topological polar surface area (TPSA) is 150 Å². The van der Waals surface area contributed by atoms with Gasteiger partial charge in [-0.3, -0.25) is 24.1 Å². The number of carboxylic acid groups (broad SMARTS) is 2. The van der Waals surface area contributed by atoms with E-state index in [9.17, 15) is 29.1 Å². The van der Waals surface area contributed by atoms with Crippen LogP contribution in [0.4, 0.5) is 5.69 Å². The Morgan fingerprint density at radius 2 is 1.93 bits per heavy atom. The maximum atomic E-state index is 12.6. The zero-order chi connectivity index (χ0) is 21.0. The molecule has 2 rings (SSSR count). The first kappa shape index (κ1) is 20.9. The Bertz CT molecular complexity index is 835. The average molecular weight is 392 g/mol. The van der Waals surface area contributed by atoms with Crippen LogP contribution in [0, 0.1) is 0 Å². The molecule has 1 aliphatic heterocycles. The zero-order valence-electron chi connectivity index (χ0n) is 15.3. The number of hydrogen-bond acceptors (Lipinski definition) is 6. The molecule has 1 heterocycles. The van der Waals surface area contributed by atoms with Gasteiger partial charge in [0.25, 0.3) is 5.91 Å². The second-order valence-electron chi connectivity index (χ2n) is 6.30. The van der Waals surface area contributed by atoms with Gasteiger partial charge in [0.1, 0.15) is 17.8 Å². The molecule has 1 aromatic rings. The second-order valence-corrected chi connectivity index (χ2v) is 6.30. The molecule has 0 spiro atoms. The zero-order valence-corrected chi connectivity index (χ0v) is 15.3. The largest absolute Gasteiger partial charge is 0.482 e. The van der Waals surface area contributed by atoms with Gasteiger partial charge in [0, 0.05) is 12.0 Å². The molecular formula is C18H20N2O8. The summed E-state index contributed by atoms with van der Waals surface area (Å²) in [6.45, 7) is 2.44. The van der Waals surface area contributed by atoms with Crippen molar-refractivity contribution in [2.24, 2.45) is 0 Å². The van der Waals surface area contributed by atoms with Gasteiger partial charge >= 0.3 is 11.9 Å². The normalized spacial score (nSPS) is 15.1. The molecular weight excluding hydrogens is 372 g/mol. The van der Waals surface area contributed by atoms with E-state index in [1.807, 2.05) is 0 Å². The summed E-state index contributed by atoms with van der Waals surface area (Å²) in [5, 5.41) is 20.1. The third-order valence-corrected chi connectivity index (χ3v) is 4.27. The van der Waals surface area contributed by atoms with Crippen molar-refractivity contribution in [2.75, 3.05) is 11.5 Å². The molecule has 2 unspecified atom stereocenters. The number of nitrogens with one attached hydrogen (secondary N) is 1. The van der Waals surface area contributed by atoms with Crippen molar-refractivity contribution in [1.29, 1.82) is 0 Å². The van der Waals surface area contributed by atoms with Crippen LogP contribution in [0.15, 0.2) is 18.2 Å². The number of carbonyl (C=O) groups excluding carboxylic acids is 3. The molecule has 0 bridgehead atoms. The van der Waals surface area contributed by atoms with Crippen molar-refractivity contribution in [3.05, 3.63) is 23.8 Å². The second kappa shape index (κ2) is 8.51. The smallest absolute Gasteiger partial charge is 0.326 e. The molecule has 0 fully saturated rings. The minimum Gasteiger partial charge on any atom is -0.482 e. The number of benzene rings is 1. The number of nitrogens with zero attached hydrogens (tertiary/aromatic N) is 1. The third-order valence-electron chi connectivity index (χ3n) is 4.27. The number of ether oxygens (including phenoxy) is 1. The van der Waals surface area contributed by atoms with Crippen LogP contribution in [0.3, 0.4) is 0 Å². The standard InChI is InChI=1S/C18H20N2O8/c1-9(17(25)19-12(18(26)27)4-6-16(23)24)20-13-7-11(10(2)21)3-5-14(13)28-8-15(20)22/h3,5,7,9,12H,4,6,8H2,1-2H3,(H,19,25)(H,23,24)(H,26,27). The number of carbonyl (C=O) groups is 5. The quantitative estimate of drug-likeness (QED) is 0.539. The van der Waals surface area contributed by atoms with E-state index in [4.69, 9.17) is 9.84 Å². The number of aliphatic carboxylic acids is 2. The van der Waals surface area contributed by atoms with E-state index in [1.54, 1.807) is 0 Å². The molecule has 0 saturated heterocycles. The Hall–Kier alpha value is -3.43. The molecule has 0 aromatic heterocycles. The summed E-state index contributed by atoms with van der Waals surface area (Å²) in [6, 6.07) is 1.96.